The average Bonchev–Trinajstić information content (AvgIpc) is 3.76. The molecule has 4 heterocycles. The second-order valence-corrected chi connectivity index (χ2v) is 24.2. The number of benzene rings is 5. The number of hydrogen-bond acceptors (Lipinski definition) is 4. The zero-order valence-electron chi connectivity index (χ0n) is 43.6. The number of amidine groups is 1. The van der Waals surface area contributed by atoms with Gasteiger partial charge in [0.25, 0.3) is 0 Å². The molecule has 346 valence electrons. The second kappa shape index (κ2) is 14.7. The van der Waals surface area contributed by atoms with E-state index in [2.05, 4.69) is 213 Å². The van der Waals surface area contributed by atoms with Crippen LogP contribution in [0.3, 0.4) is 0 Å². The van der Waals surface area contributed by atoms with Crippen molar-refractivity contribution in [1.29, 1.82) is 0 Å². The number of aliphatic imine (C=N–C) groups is 1. The van der Waals surface area contributed by atoms with Gasteiger partial charge in [-0.1, -0.05) is 119 Å². The number of nitrogens with zero attached hydrogens (tertiary/aromatic N) is 4. The number of aromatic nitrogens is 2. The van der Waals surface area contributed by atoms with Crippen LogP contribution in [0.15, 0.2) is 90.1 Å². The Morgan fingerprint density at radius 2 is 1.28 bits per heavy atom. The minimum Gasteiger partial charge on any atom is -0.457 e. The molecule has 0 saturated carbocycles. The number of pyridine rings is 1. The van der Waals surface area contributed by atoms with Gasteiger partial charge in [0.2, 0.25) is 0 Å². The molecule has 5 aromatic carbocycles. The molecule has 10 rings (SSSR count). The highest BCUT2D eigenvalue weighted by atomic mass is 16.5. The van der Waals surface area contributed by atoms with E-state index in [0.29, 0.717) is 11.8 Å². The predicted octanol–water partition coefficient (Wildman–Crippen LogP) is 16.2. The van der Waals surface area contributed by atoms with Gasteiger partial charge in [-0.3, -0.25) is 9.56 Å². The maximum atomic E-state index is 7.32. The molecular weight excluding hydrogens is 817 g/mol. The lowest BCUT2D eigenvalue weighted by atomic mass is 9.72. The summed E-state index contributed by atoms with van der Waals surface area (Å²) in [5.74, 6) is 3.30. The molecule has 5 nitrogen and oxygen atoms in total. The molecule has 2 atom stereocenters. The maximum absolute atomic E-state index is 7.32. The lowest BCUT2D eigenvalue weighted by molar-refractivity contribution is 0.321. The van der Waals surface area contributed by atoms with Crippen LogP contribution in [0.4, 0.5) is 5.69 Å². The van der Waals surface area contributed by atoms with E-state index in [1.165, 1.54) is 77.6 Å². The molecular formula is C62H72N4O. The average molecular weight is 889 g/mol. The summed E-state index contributed by atoms with van der Waals surface area (Å²) < 4.78 is 9.74. The molecule has 3 aliphatic rings. The van der Waals surface area contributed by atoms with Gasteiger partial charge in [-0.2, -0.15) is 0 Å². The van der Waals surface area contributed by atoms with E-state index in [-0.39, 0.29) is 16.2 Å². The van der Waals surface area contributed by atoms with Crippen molar-refractivity contribution in [2.75, 3.05) is 4.90 Å². The van der Waals surface area contributed by atoms with Crippen LogP contribution >= 0.6 is 0 Å². The number of aryl methyl sites for hydroxylation is 4. The predicted molar refractivity (Wildman–Crippen MR) is 283 cm³/mol. The Bertz CT molecular complexity index is 3240. The fourth-order valence-corrected chi connectivity index (χ4v) is 11.8. The molecule has 1 aliphatic carbocycles. The van der Waals surface area contributed by atoms with Crippen LogP contribution in [0.2, 0.25) is 0 Å². The van der Waals surface area contributed by atoms with Crippen LogP contribution in [0.5, 0.6) is 11.5 Å². The highest BCUT2D eigenvalue weighted by Crippen LogP contribution is 2.59. The Hall–Kier alpha value is -5.68. The largest absolute Gasteiger partial charge is 0.457 e. The normalized spacial score (nSPS) is 19.7. The van der Waals surface area contributed by atoms with Gasteiger partial charge in [-0.05, 0) is 167 Å². The molecule has 67 heavy (non-hydrogen) atoms. The number of hydrogen-bond donors (Lipinski definition) is 0. The first-order valence-corrected chi connectivity index (χ1v) is 24.8. The summed E-state index contributed by atoms with van der Waals surface area (Å²) in [4.78, 5) is 13.8. The van der Waals surface area contributed by atoms with Gasteiger partial charge in [0, 0.05) is 40.4 Å². The topological polar surface area (TPSA) is 42.6 Å². The minimum atomic E-state index is -0.438. The number of fused-ring (bicyclic) bond motifs is 8. The standard InChI is InChI=1S/C62H72N4O/c1-34(2)45-20-19-21-46(35(3)4)54(45)66-56(64-61(17)32-41-23-37(6)38(7)24-49(41)62(61,66)18)40-26-42(58(9,10)11)28-44(27-40)67-53-31-52-50(25-39(53)8)60(15,16)51-30-43(59(12,13)14)29-47-48-22-36(5)33-63-57(48)65(52)55(47)51/h19-31,33-35H,32H2,1-18H3/t61-,62+/m1/s1. The van der Waals surface area contributed by atoms with Gasteiger partial charge in [0.15, 0.2) is 0 Å². The van der Waals surface area contributed by atoms with Crippen LogP contribution in [0, 0.1) is 27.7 Å². The lowest BCUT2D eigenvalue weighted by Gasteiger charge is -2.44. The summed E-state index contributed by atoms with van der Waals surface area (Å²) in [5, 5.41) is 2.46. The summed E-state index contributed by atoms with van der Waals surface area (Å²) in [5.41, 5.74) is 20.0. The fraction of sp³-hybridized carbons (Fsp3) is 0.419. The van der Waals surface area contributed by atoms with Gasteiger partial charge in [0.05, 0.1) is 28.0 Å². The van der Waals surface area contributed by atoms with Crippen molar-refractivity contribution in [3.63, 3.8) is 0 Å². The van der Waals surface area contributed by atoms with Gasteiger partial charge in [0.1, 0.15) is 23.0 Å². The SMILES string of the molecule is Cc1cnc2c(c1)c1cc(C(C)(C)C)cc3c1n2-c1cc(Oc2cc(C4=N[C@]5(C)Cc6cc(C)c(C)cc6[C@]5(C)N4c4c(C(C)C)cccc4C(C)C)cc(C(C)(C)C)c2)c(C)cc1C3(C)C. The zero-order valence-corrected chi connectivity index (χ0v) is 43.6. The second-order valence-electron chi connectivity index (χ2n) is 24.2. The van der Waals surface area contributed by atoms with E-state index in [0.717, 1.165) is 51.8 Å². The highest BCUT2D eigenvalue weighted by molar-refractivity contribution is 6.15. The van der Waals surface area contributed by atoms with Crippen molar-refractivity contribution in [2.24, 2.45) is 4.99 Å². The molecule has 2 aromatic heterocycles. The van der Waals surface area contributed by atoms with Crippen molar-refractivity contribution in [1.82, 2.24) is 9.55 Å². The van der Waals surface area contributed by atoms with Crippen molar-refractivity contribution in [2.45, 2.75) is 170 Å². The molecule has 7 aromatic rings. The fourth-order valence-electron chi connectivity index (χ4n) is 11.8. The Morgan fingerprint density at radius 3 is 1.93 bits per heavy atom. The Labute approximate surface area is 400 Å². The van der Waals surface area contributed by atoms with E-state index in [9.17, 15) is 0 Å². The molecule has 5 heteroatoms. The summed E-state index contributed by atoms with van der Waals surface area (Å²) in [6, 6.07) is 30.6. The molecule has 0 N–H and O–H groups in total. The maximum Gasteiger partial charge on any atom is 0.145 e. The third-order valence-corrected chi connectivity index (χ3v) is 16.2. The van der Waals surface area contributed by atoms with Crippen molar-refractivity contribution >= 4 is 33.5 Å². The number of rotatable bonds is 6. The van der Waals surface area contributed by atoms with Crippen molar-refractivity contribution < 1.29 is 4.74 Å². The van der Waals surface area contributed by atoms with Crippen LogP contribution in [0.25, 0.3) is 27.6 Å². The molecule has 0 saturated heterocycles. The van der Waals surface area contributed by atoms with E-state index in [1.54, 1.807) is 0 Å². The molecule has 0 unspecified atom stereocenters. The van der Waals surface area contributed by atoms with Crippen molar-refractivity contribution in [3.05, 3.63) is 157 Å². The van der Waals surface area contributed by atoms with E-state index in [4.69, 9.17) is 14.7 Å². The highest BCUT2D eigenvalue weighted by Gasteiger charge is 2.62. The minimum absolute atomic E-state index is 0.00667. The van der Waals surface area contributed by atoms with E-state index in [1.807, 2.05) is 6.20 Å². The van der Waals surface area contributed by atoms with Gasteiger partial charge < -0.3 is 9.64 Å². The van der Waals surface area contributed by atoms with Crippen LogP contribution < -0.4 is 9.64 Å². The number of anilines is 1. The molecule has 0 bridgehead atoms. The van der Waals surface area contributed by atoms with Crippen LogP contribution in [0.1, 0.15) is 181 Å². The number of ether oxygens (including phenoxy) is 1. The molecule has 0 radical (unpaired) electrons. The summed E-state index contributed by atoms with van der Waals surface area (Å²) in [7, 11) is 0. The third-order valence-electron chi connectivity index (χ3n) is 16.2. The van der Waals surface area contributed by atoms with Crippen LogP contribution in [-0.4, -0.2) is 20.9 Å². The Kier molecular flexibility index (Phi) is 9.87. The summed E-state index contributed by atoms with van der Waals surface area (Å²) in [6.07, 6.45) is 2.89. The number of para-hydroxylation sites is 1. The quantitative estimate of drug-likeness (QED) is 0.167. The molecule has 0 fully saturated rings. The van der Waals surface area contributed by atoms with Gasteiger partial charge in [-0.25, -0.2) is 4.98 Å². The molecule has 0 spiro atoms. The smallest absolute Gasteiger partial charge is 0.145 e. The van der Waals surface area contributed by atoms with E-state index < -0.39 is 11.1 Å². The molecule has 0 amide bonds. The lowest BCUT2D eigenvalue weighted by Crippen LogP contribution is -2.52. The molecule has 2 aliphatic heterocycles. The van der Waals surface area contributed by atoms with Crippen LogP contribution in [-0.2, 0) is 28.2 Å². The van der Waals surface area contributed by atoms with Crippen molar-refractivity contribution in [3.8, 4) is 17.2 Å². The third kappa shape index (κ3) is 6.60. The van der Waals surface area contributed by atoms with Gasteiger partial charge in [-0.15, -0.1) is 0 Å². The zero-order chi connectivity index (χ0) is 48.2. The van der Waals surface area contributed by atoms with E-state index >= 15 is 0 Å². The first-order valence-electron chi connectivity index (χ1n) is 24.8. The van der Waals surface area contributed by atoms with Gasteiger partial charge >= 0.3 is 0 Å². The monoisotopic (exact) mass is 889 g/mol. The summed E-state index contributed by atoms with van der Waals surface area (Å²) >= 11 is 0. The Morgan fingerprint density at radius 1 is 0.657 bits per heavy atom. The summed E-state index contributed by atoms with van der Waals surface area (Å²) in [6.45, 7) is 41.7. The Balaban J connectivity index is 1.18. The first kappa shape index (κ1) is 45.1. The first-order chi connectivity index (χ1) is 31.2.